The van der Waals surface area contributed by atoms with Crippen LogP contribution in [0.2, 0.25) is 0 Å². The Morgan fingerprint density at radius 2 is 1.85 bits per heavy atom. The van der Waals surface area contributed by atoms with E-state index in [9.17, 15) is 29.3 Å². The number of fused-ring (bicyclic) bond motifs is 2. The number of allylic oxidation sites excluding steroid dienone is 4. The standard InChI is InChI=1S/C28H27N5O7/c1-2-40-24(34)16-32-25-22-13-21(9-5-18(22)6-10-23(25)30-27(36)28(32)37)31-12-11-19(15-31)26(35)29-14-17-3-7-20(8-4-17)33(38)39/h3-4,7-8,11-13,15H,2,5-6,9-10,14,16H2,1H3,(H,29,35)(H,30,36). The van der Waals surface area contributed by atoms with Gasteiger partial charge in [0.1, 0.15) is 6.54 Å². The molecule has 1 aromatic carbocycles. The van der Waals surface area contributed by atoms with Gasteiger partial charge in [0.05, 0.1) is 22.8 Å². The van der Waals surface area contributed by atoms with Gasteiger partial charge in [-0.3, -0.25) is 33.9 Å². The van der Waals surface area contributed by atoms with E-state index >= 15 is 0 Å². The molecule has 40 heavy (non-hydrogen) atoms. The molecule has 0 fully saturated rings. The summed E-state index contributed by atoms with van der Waals surface area (Å²) in [6.45, 7) is 1.69. The number of nitro benzene ring substituents is 1. The van der Waals surface area contributed by atoms with Gasteiger partial charge in [-0.2, -0.15) is 0 Å². The fraction of sp³-hybridized carbons (Fsp3) is 0.286. The summed E-state index contributed by atoms with van der Waals surface area (Å²) in [5, 5.41) is 13.6. The van der Waals surface area contributed by atoms with Crippen molar-refractivity contribution in [2.24, 2.45) is 0 Å². The van der Waals surface area contributed by atoms with Gasteiger partial charge in [0.25, 0.3) is 11.6 Å². The summed E-state index contributed by atoms with van der Waals surface area (Å²) in [4.78, 5) is 63.2. The van der Waals surface area contributed by atoms with Gasteiger partial charge < -0.3 is 19.6 Å². The van der Waals surface area contributed by atoms with Crippen LogP contribution in [0.4, 0.5) is 5.69 Å². The molecule has 0 saturated heterocycles. The summed E-state index contributed by atoms with van der Waals surface area (Å²) in [7, 11) is 0. The number of nitro groups is 1. The van der Waals surface area contributed by atoms with Crippen LogP contribution in [0.15, 0.2) is 64.0 Å². The maximum atomic E-state index is 12.8. The molecule has 3 aromatic rings. The van der Waals surface area contributed by atoms with Gasteiger partial charge in [0.15, 0.2) is 0 Å². The SMILES string of the molecule is CCOC(=O)Cn1c2c([nH]c(=O)c1=O)CCC1=C2C=C(n2ccc(C(=O)NCc3ccc([N+](=O)[O-])cc3)c2)CC1. The van der Waals surface area contributed by atoms with Crippen LogP contribution in [0.5, 0.6) is 0 Å². The van der Waals surface area contributed by atoms with E-state index in [1.807, 2.05) is 10.6 Å². The Labute approximate surface area is 227 Å². The van der Waals surface area contributed by atoms with Crippen LogP contribution in [0.25, 0.3) is 11.3 Å². The second kappa shape index (κ2) is 11.0. The van der Waals surface area contributed by atoms with E-state index in [1.165, 1.54) is 16.7 Å². The van der Waals surface area contributed by atoms with Crippen LogP contribution in [0.3, 0.4) is 0 Å². The highest BCUT2D eigenvalue weighted by atomic mass is 16.6. The molecule has 0 radical (unpaired) electrons. The molecule has 0 bridgehead atoms. The summed E-state index contributed by atoms with van der Waals surface area (Å²) in [6.07, 6.45) is 8.14. The lowest BCUT2D eigenvalue weighted by Gasteiger charge is -2.28. The van der Waals surface area contributed by atoms with E-state index in [4.69, 9.17) is 4.74 Å². The zero-order valence-corrected chi connectivity index (χ0v) is 21.8. The zero-order chi connectivity index (χ0) is 28.4. The van der Waals surface area contributed by atoms with Crippen molar-refractivity contribution in [3.05, 3.63) is 108 Å². The lowest BCUT2D eigenvalue weighted by atomic mass is 9.84. The molecule has 206 valence electrons. The van der Waals surface area contributed by atoms with E-state index in [2.05, 4.69) is 10.3 Å². The Morgan fingerprint density at radius 1 is 1.10 bits per heavy atom. The van der Waals surface area contributed by atoms with Gasteiger partial charge in [0, 0.05) is 48.0 Å². The van der Waals surface area contributed by atoms with Gasteiger partial charge in [-0.05, 0) is 50.3 Å². The Kier molecular flexibility index (Phi) is 7.32. The molecule has 2 heterocycles. The minimum Gasteiger partial charge on any atom is -0.465 e. The highest BCUT2D eigenvalue weighted by Crippen LogP contribution is 2.39. The van der Waals surface area contributed by atoms with E-state index in [0.29, 0.717) is 29.8 Å². The summed E-state index contributed by atoms with van der Waals surface area (Å²) in [5.41, 5.74) is 3.50. The number of nitrogens with one attached hydrogen (secondary N) is 2. The number of aromatic nitrogens is 3. The quantitative estimate of drug-likeness (QED) is 0.191. The number of H-pyrrole nitrogens is 1. The van der Waals surface area contributed by atoms with Gasteiger partial charge >= 0.3 is 17.1 Å². The first-order chi connectivity index (χ1) is 19.2. The molecular weight excluding hydrogens is 518 g/mol. The van der Waals surface area contributed by atoms with Crippen LogP contribution in [0.1, 0.15) is 53.5 Å². The first-order valence-electron chi connectivity index (χ1n) is 12.9. The minimum atomic E-state index is -0.811. The number of hydrogen-bond acceptors (Lipinski definition) is 7. The number of carbonyl (C=O) groups excluding carboxylic acids is 2. The van der Waals surface area contributed by atoms with Crippen molar-refractivity contribution < 1.29 is 19.2 Å². The van der Waals surface area contributed by atoms with Crippen molar-refractivity contribution in [3.63, 3.8) is 0 Å². The number of rotatable bonds is 8. The van der Waals surface area contributed by atoms with Crippen molar-refractivity contribution >= 4 is 28.8 Å². The molecule has 0 spiro atoms. The van der Waals surface area contributed by atoms with E-state index in [1.54, 1.807) is 37.5 Å². The number of benzene rings is 1. The predicted molar refractivity (Wildman–Crippen MR) is 145 cm³/mol. The topological polar surface area (TPSA) is 158 Å². The summed E-state index contributed by atoms with van der Waals surface area (Å²) in [6, 6.07) is 7.67. The van der Waals surface area contributed by atoms with Crippen molar-refractivity contribution in [3.8, 4) is 0 Å². The molecule has 2 aliphatic rings. The largest absolute Gasteiger partial charge is 0.465 e. The van der Waals surface area contributed by atoms with Gasteiger partial charge in [0.2, 0.25) is 0 Å². The average molecular weight is 546 g/mol. The summed E-state index contributed by atoms with van der Waals surface area (Å²) >= 11 is 0. The molecular formula is C28H27N5O7. The number of esters is 1. The van der Waals surface area contributed by atoms with Crippen LogP contribution >= 0.6 is 0 Å². The van der Waals surface area contributed by atoms with Crippen LogP contribution in [-0.2, 0) is 29.0 Å². The average Bonchev–Trinajstić information content (AvgIpc) is 3.44. The smallest absolute Gasteiger partial charge is 0.326 e. The van der Waals surface area contributed by atoms with Gasteiger partial charge in [-0.25, -0.2) is 0 Å². The molecule has 12 heteroatoms. The second-order valence-electron chi connectivity index (χ2n) is 9.54. The first kappa shape index (κ1) is 26.6. The fourth-order valence-electron chi connectivity index (χ4n) is 5.07. The highest BCUT2D eigenvalue weighted by molar-refractivity contribution is 5.94. The molecule has 0 atom stereocenters. The number of amides is 1. The zero-order valence-electron chi connectivity index (χ0n) is 21.8. The van der Waals surface area contributed by atoms with E-state index in [-0.39, 0.29) is 31.3 Å². The molecule has 2 aromatic heterocycles. The summed E-state index contributed by atoms with van der Waals surface area (Å²) < 4.78 is 8.08. The maximum absolute atomic E-state index is 12.8. The minimum absolute atomic E-state index is 0.0176. The molecule has 2 aliphatic carbocycles. The highest BCUT2D eigenvalue weighted by Gasteiger charge is 2.27. The van der Waals surface area contributed by atoms with Crippen molar-refractivity contribution in [1.82, 2.24) is 19.4 Å². The van der Waals surface area contributed by atoms with Crippen LogP contribution < -0.4 is 16.4 Å². The van der Waals surface area contributed by atoms with Crippen LogP contribution in [-0.4, -0.2) is 37.5 Å². The maximum Gasteiger partial charge on any atom is 0.326 e. The third-order valence-electron chi connectivity index (χ3n) is 7.05. The van der Waals surface area contributed by atoms with Crippen molar-refractivity contribution in [2.45, 2.75) is 45.7 Å². The molecule has 12 nitrogen and oxygen atoms in total. The number of aryl methyl sites for hydroxylation is 1. The Hall–Kier alpha value is -5.00. The Balaban J connectivity index is 1.39. The molecule has 0 unspecified atom stereocenters. The molecule has 5 rings (SSSR count). The fourth-order valence-corrected chi connectivity index (χ4v) is 5.07. The molecule has 0 saturated carbocycles. The number of ether oxygens (including phenoxy) is 1. The normalized spacial score (nSPS) is 14.2. The van der Waals surface area contributed by atoms with Crippen molar-refractivity contribution in [1.29, 1.82) is 0 Å². The van der Waals surface area contributed by atoms with Crippen molar-refractivity contribution in [2.75, 3.05) is 6.61 Å². The molecule has 1 amide bonds. The van der Waals surface area contributed by atoms with Crippen LogP contribution in [0, 0.1) is 10.1 Å². The number of aromatic amines is 1. The first-order valence-corrected chi connectivity index (χ1v) is 12.9. The monoisotopic (exact) mass is 545 g/mol. The van der Waals surface area contributed by atoms with Gasteiger partial charge in [-0.1, -0.05) is 17.7 Å². The predicted octanol–water partition coefficient (Wildman–Crippen LogP) is 2.77. The molecule has 2 N–H and O–H groups in total. The van der Waals surface area contributed by atoms with Gasteiger partial charge in [-0.15, -0.1) is 0 Å². The molecule has 0 aliphatic heterocycles. The lowest BCUT2D eigenvalue weighted by molar-refractivity contribution is -0.384. The number of hydrogen-bond donors (Lipinski definition) is 2. The third-order valence-corrected chi connectivity index (χ3v) is 7.05. The summed E-state index contributed by atoms with van der Waals surface area (Å²) in [5.74, 6) is -0.891. The second-order valence-corrected chi connectivity index (χ2v) is 9.54. The van der Waals surface area contributed by atoms with E-state index < -0.39 is 22.0 Å². The van der Waals surface area contributed by atoms with E-state index in [0.717, 1.165) is 35.2 Å². The number of nitrogens with zero attached hydrogens (tertiary/aromatic N) is 3. The number of carbonyl (C=O) groups is 2. The number of non-ortho nitro benzene ring substituents is 1. The third kappa shape index (κ3) is 5.28. The lowest BCUT2D eigenvalue weighted by Crippen LogP contribution is -2.41. The Bertz CT molecular complexity index is 1690. The Morgan fingerprint density at radius 3 is 2.58 bits per heavy atom.